The van der Waals surface area contributed by atoms with Gasteiger partial charge in [-0.1, -0.05) is 33.3 Å². The van der Waals surface area contributed by atoms with Crippen LogP contribution in [0, 0.1) is 34.0 Å². The van der Waals surface area contributed by atoms with Gasteiger partial charge in [-0.05, 0) is 48.2 Å². The highest BCUT2D eigenvalue weighted by Gasteiger charge is 2.67. The standard InChI is InChI=1S/C27H34O7/c1-25(2)19(12-20(28)32-5)27(4)17-6-8-26(3)18(15(17)10-16(22(25)30)23(27)31)11-21(29)34-24(26)14-7-9-33-13-14/h7,9,13,16-17,19,22,24,30H,6,8,10-12H2,1-5H3/t16?,17?,19-,22-,24-,26+,27+/m0/s1. The van der Waals surface area contributed by atoms with Crippen LogP contribution < -0.4 is 0 Å². The van der Waals surface area contributed by atoms with E-state index < -0.39 is 34.4 Å². The van der Waals surface area contributed by atoms with E-state index in [-0.39, 0.29) is 42.4 Å². The van der Waals surface area contributed by atoms with Crippen LogP contribution in [0.3, 0.4) is 0 Å². The van der Waals surface area contributed by atoms with E-state index in [2.05, 4.69) is 6.92 Å². The molecule has 2 heterocycles. The Morgan fingerprint density at radius 2 is 1.97 bits per heavy atom. The number of cyclic esters (lactones) is 1. The molecule has 2 bridgehead atoms. The molecule has 0 radical (unpaired) electrons. The Labute approximate surface area is 199 Å². The van der Waals surface area contributed by atoms with Crippen LogP contribution >= 0.6 is 0 Å². The monoisotopic (exact) mass is 470 g/mol. The van der Waals surface area contributed by atoms with Crippen molar-refractivity contribution in [1.29, 1.82) is 0 Å². The number of carbonyl (C=O) groups is 3. The summed E-state index contributed by atoms with van der Waals surface area (Å²) in [5, 5.41) is 11.4. The molecule has 4 aliphatic rings. The number of methoxy groups -OCH3 is 1. The Morgan fingerprint density at radius 1 is 1.24 bits per heavy atom. The van der Waals surface area contributed by atoms with E-state index in [9.17, 15) is 19.5 Å². The molecule has 1 aromatic heterocycles. The first-order valence-corrected chi connectivity index (χ1v) is 12.2. The molecule has 34 heavy (non-hydrogen) atoms. The van der Waals surface area contributed by atoms with Crippen LogP contribution in [0.2, 0.25) is 0 Å². The molecule has 1 aromatic rings. The minimum atomic E-state index is -0.884. The highest BCUT2D eigenvalue weighted by Crippen LogP contribution is 2.67. The number of Topliss-reactive ketones (excluding diaryl/α,β-unsaturated/α-hetero) is 1. The summed E-state index contributed by atoms with van der Waals surface area (Å²) in [5.74, 6) is -1.64. The van der Waals surface area contributed by atoms with Crippen molar-refractivity contribution >= 4 is 17.7 Å². The van der Waals surface area contributed by atoms with Crippen LogP contribution in [0.25, 0.3) is 0 Å². The first kappa shape index (κ1) is 23.3. The fourth-order valence-corrected chi connectivity index (χ4v) is 7.98. The van der Waals surface area contributed by atoms with Crippen LogP contribution in [0.1, 0.15) is 71.5 Å². The molecule has 2 saturated carbocycles. The SMILES string of the molecule is COC(=O)C[C@H]1C(C)(C)[C@@H](O)C2CC3=C4CC(=O)O[C@@H](c5ccoc5)[C@]4(C)CCC3[C@@]1(C)C2=O. The van der Waals surface area contributed by atoms with E-state index in [0.717, 1.165) is 29.6 Å². The predicted octanol–water partition coefficient (Wildman–Crippen LogP) is 4.16. The Hall–Kier alpha value is -2.41. The van der Waals surface area contributed by atoms with Crippen LogP contribution in [-0.4, -0.2) is 36.0 Å². The lowest BCUT2D eigenvalue weighted by molar-refractivity contribution is -0.186. The Kier molecular flexibility index (Phi) is 5.18. The van der Waals surface area contributed by atoms with Gasteiger partial charge in [0.05, 0.1) is 32.2 Å². The van der Waals surface area contributed by atoms with E-state index >= 15 is 0 Å². The number of allylic oxidation sites excluding steroid dienone is 1. The predicted molar refractivity (Wildman–Crippen MR) is 121 cm³/mol. The van der Waals surface area contributed by atoms with Gasteiger partial charge in [0.15, 0.2) is 0 Å². The van der Waals surface area contributed by atoms with Gasteiger partial charge in [0.2, 0.25) is 0 Å². The maximum Gasteiger partial charge on any atom is 0.310 e. The van der Waals surface area contributed by atoms with Gasteiger partial charge >= 0.3 is 11.9 Å². The molecule has 7 nitrogen and oxygen atoms in total. The molecule has 3 fully saturated rings. The van der Waals surface area contributed by atoms with E-state index in [4.69, 9.17) is 13.9 Å². The van der Waals surface area contributed by atoms with Gasteiger partial charge in [-0.25, -0.2) is 0 Å². The lowest BCUT2D eigenvalue weighted by Crippen LogP contribution is -2.66. The van der Waals surface area contributed by atoms with Gasteiger partial charge in [0.25, 0.3) is 0 Å². The molecule has 5 rings (SSSR count). The molecule has 7 heteroatoms. The zero-order chi connectivity index (χ0) is 24.6. The van der Waals surface area contributed by atoms with Crippen LogP contribution in [0.15, 0.2) is 34.2 Å². The number of hydrogen-bond donors (Lipinski definition) is 1. The average Bonchev–Trinajstić information content (AvgIpc) is 3.32. The summed E-state index contributed by atoms with van der Waals surface area (Å²) in [6.07, 6.45) is 4.09. The number of ketones is 1. The number of hydrogen-bond acceptors (Lipinski definition) is 7. The van der Waals surface area contributed by atoms with Gasteiger partial charge in [-0.3, -0.25) is 14.4 Å². The number of furan rings is 1. The maximum atomic E-state index is 13.9. The second-order valence-electron chi connectivity index (χ2n) is 11.7. The highest BCUT2D eigenvalue weighted by atomic mass is 16.5. The van der Waals surface area contributed by atoms with Crippen LogP contribution in [0.5, 0.6) is 0 Å². The van der Waals surface area contributed by atoms with Gasteiger partial charge in [0, 0.05) is 28.7 Å². The number of esters is 2. The number of aliphatic hydroxyl groups is 1. The molecule has 1 saturated heterocycles. The van der Waals surface area contributed by atoms with Crippen molar-refractivity contribution in [1.82, 2.24) is 0 Å². The normalized spacial score (nSPS) is 40.8. The lowest BCUT2D eigenvalue weighted by Gasteiger charge is -2.63. The Balaban J connectivity index is 1.67. The van der Waals surface area contributed by atoms with Gasteiger partial charge in [-0.15, -0.1) is 0 Å². The van der Waals surface area contributed by atoms with Crippen molar-refractivity contribution in [3.05, 3.63) is 35.3 Å². The largest absolute Gasteiger partial charge is 0.472 e. The fourth-order valence-electron chi connectivity index (χ4n) is 7.98. The zero-order valence-electron chi connectivity index (χ0n) is 20.6. The Bertz CT molecular complexity index is 1070. The van der Waals surface area contributed by atoms with E-state index in [1.807, 2.05) is 26.8 Å². The number of carbonyl (C=O) groups excluding carboxylic acids is 3. The van der Waals surface area contributed by atoms with Crippen LogP contribution in [-0.2, 0) is 23.9 Å². The fraction of sp³-hybridized carbons (Fsp3) is 0.667. The maximum absolute atomic E-state index is 13.9. The van der Waals surface area contributed by atoms with Crippen molar-refractivity contribution in [2.24, 2.45) is 34.0 Å². The molecule has 0 spiro atoms. The summed E-state index contributed by atoms with van der Waals surface area (Å²) in [5.41, 5.74) is 1.11. The molecule has 184 valence electrons. The smallest absolute Gasteiger partial charge is 0.310 e. The molecular formula is C27H34O7. The van der Waals surface area contributed by atoms with Crippen molar-refractivity contribution in [3.63, 3.8) is 0 Å². The molecule has 2 unspecified atom stereocenters. The van der Waals surface area contributed by atoms with Gasteiger partial charge in [0.1, 0.15) is 11.9 Å². The molecule has 7 atom stereocenters. The summed E-state index contributed by atoms with van der Waals surface area (Å²) >= 11 is 0. The lowest BCUT2D eigenvalue weighted by atomic mass is 9.40. The molecule has 0 aromatic carbocycles. The number of rotatable bonds is 3. The summed E-state index contributed by atoms with van der Waals surface area (Å²) in [4.78, 5) is 39.1. The second kappa shape index (κ2) is 7.54. The Morgan fingerprint density at radius 3 is 2.62 bits per heavy atom. The highest BCUT2D eigenvalue weighted by molar-refractivity contribution is 5.92. The van der Waals surface area contributed by atoms with Gasteiger partial charge in [-0.2, -0.15) is 0 Å². The number of fused-ring (bicyclic) bond motifs is 5. The summed E-state index contributed by atoms with van der Waals surface area (Å²) in [6, 6.07) is 1.84. The molecular weight excluding hydrogens is 436 g/mol. The topological polar surface area (TPSA) is 103 Å². The van der Waals surface area contributed by atoms with Crippen molar-refractivity contribution in [3.8, 4) is 0 Å². The van der Waals surface area contributed by atoms with Crippen molar-refractivity contribution in [2.75, 3.05) is 7.11 Å². The summed E-state index contributed by atoms with van der Waals surface area (Å²) in [7, 11) is 1.35. The third-order valence-corrected chi connectivity index (χ3v) is 9.84. The van der Waals surface area contributed by atoms with Gasteiger partial charge < -0.3 is 19.0 Å². The second-order valence-corrected chi connectivity index (χ2v) is 11.7. The minimum absolute atomic E-state index is 0.0379. The average molecular weight is 471 g/mol. The van der Waals surface area contributed by atoms with Crippen molar-refractivity contribution < 1.29 is 33.4 Å². The zero-order valence-corrected chi connectivity index (χ0v) is 20.6. The number of aliphatic hydroxyl groups excluding tert-OH is 1. The quantitative estimate of drug-likeness (QED) is 0.523. The molecule has 1 aliphatic heterocycles. The van der Waals surface area contributed by atoms with E-state index in [1.165, 1.54) is 7.11 Å². The minimum Gasteiger partial charge on any atom is -0.472 e. The third kappa shape index (κ3) is 2.95. The first-order valence-electron chi connectivity index (χ1n) is 12.2. The molecule has 0 amide bonds. The van der Waals surface area contributed by atoms with Crippen molar-refractivity contribution in [2.45, 2.75) is 72.0 Å². The third-order valence-electron chi connectivity index (χ3n) is 9.84. The van der Waals surface area contributed by atoms with E-state index in [0.29, 0.717) is 6.42 Å². The first-order chi connectivity index (χ1) is 16.0. The van der Waals surface area contributed by atoms with Crippen LogP contribution in [0.4, 0.5) is 0 Å². The number of ether oxygens (including phenoxy) is 2. The molecule has 1 N–H and O–H groups in total. The summed E-state index contributed by atoms with van der Waals surface area (Å²) in [6.45, 7) is 8.03. The molecule has 3 aliphatic carbocycles. The van der Waals surface area contributed by atoms with E-state index in [1.54, 1.807) is 12.5 Å². The summed E-state index contributed by atoms with van der Waals surface area (Å²) < 4.78 is 16.1.